The number of piperazine rings is 3. The summed E-state index contributed by atoms with van der Waals surface area (Å²) >= 11 is 0. The van der Waals surface area contributed by atoms with Gasteiger partial charge in [-0.2, -0.15) is 0 Å². The lowest BCUT2D eigenvalue weighted by molar-refractivity contribution is -0.952. The minimum atomic E-state index is 0. The van der Waals surface area contributed by atoms with Crippen molar-refractivity contribution in [1.29, 1.82) is 0 Å². The van der Waals surface area contributed by atoms with E-state index in [1.54, 1.807) is 0 Å². The first-order valence-electron chi connectivity index (χ1n) is 6.89. The van der Waals surface area contributed by atoms with Crippen LogP contribution in [-0.4, -0.2) is 60.5 Å². The van der Waals surface area contributed by atoms with Crippen molar-refractivity contribution in [2.45, 2.75) is 20.4 Å². The van der Waals surface area contributed by atoms with Gasteiger partial charge in [0, 0.05) is 25.2 Å². The fraction of sp³-hybridized carbons (Fsp3) is 0.562. The van der Waals surface area contributed by atoms with Gasteiger partial charge in [-0.05, 0) is 6.92 Å². The zero-order valence-corrected chi connectivity index (χ0v) is 11.0. The molecule has 0 saturated carbocycles. The van der Waals surface area contributed by atoms with Crippen LogP contribution in [0.15, 0.2) is 30.3 Å². The Morgan fingerprint density at radius 3 is 2.16 bits per heavy atom. The predicted molar refractivity (Wildman–Crippen MR) is 78.3 cm³/mol. The molecule has 104 valence electrons. The normalized spacial score (nSPS) is 30.5. The summed E-state index contributed by atoms with van der Waals surface area (Å²) in [6, 6.07) is 9.86. The van der Waals surface area contributed by atoms with Crippen LogP contribution in [0.4, 0.5) is 0 Å². The van der Waals surface area contributed by atoms with E-state index in [9.17, 15) is 4.79 Å². The summed E-state index contributed by atoms with van der Waals surface area (Å²) in [5.74, 6) is 0.311. The van der Waals surface area contributed by atoms with Crippen LogP contribution in [0.3, 0.4) is 0 Å². The zero-order chi connectivity index (χ0) is 12.6. The van der Waals surface area contributed by atoms with Crippen molar-refractivity contribution >= 4 is 5.78 Å². The number of hydrogen-bond donors (Lipinski definition) is 0. The molecule has 0 spiro atoms. The molecule has 3 saturated heterocycles. The Morgan fingerprint density at radius 1 is 1.11 bits per heavy atom. The second kappa shape index (κ2) is 5.43. The average Bonchev–Trinajstić information content (AvgIpc) is 2.48. The first-order chi connectivity index (χ1) is 8.71. The summed E-state index contributed by atoms with van der Waals surface area (Å²) < 4.78 is 1.00. The molecule has 4 rings (SSSR count). The Hall–Kier alpha value is -1.19. The van der Waals surface area contributed by atoms with Gasteiger partial charge < -0.3 is 4.48 Å². The molecular weight excluding hydrogens is 236 g/mol. The first-order valence-corrected chi connectivity index (χ1v) is 6.89. The standard InChI is InChI=1S/C15H21N2O.CH4/c1-13(15(18)14-5-3-2-4-6-14)17-10-7-16(8-11-17)9-12-17;/h2-6,13H,7-12H2,1H3;1H4/q+1;. The van der Waals surface area contributed by atoms with Gasteiger partial charge in [0.2, 0.25) is 5.78 Å². The molecule has 3 aliphatic heterocycles. The van der Waals surface area contributed by atoms with Crippen LogP contribution in [0, 0.1) is 0 Å². The SMILES string of the molecule is C.CC(C(=O)c1ccccc1)[N+]12CCN(CC1)CC2. The number of benzene rings is 1. The maximum atomic E-state index is 12.6. The lowest BCUT2D eigenvalue weighted by atomic mass is 9.98. The molecule has 0 amide bonds. The molecule has 3 nitrogen and oxygen atoms in total. The topological polar surface area (TPSA) is 20.3 Å². The van der Waals surface area contributed by atoms with E-state index in [2.05, 4.69) is 11.8 Å². The van der Waals surface area contributed by atoms with E-state index in [4.69, 9.17) is 0 Å². The smallest absolute Gasteiger partial charge is 0.219 e. The van der Waals surface area contributed by atoms with E-state index in [1.807, 2.05) is 30.3 Å². The number of fused-ring (bicyclic) bond motifs is 3. The fourth-order valence-corrected chi connectivity index (χ4v) is 3.37. The molecule has 3 fully saturated rings. The zero-order valence-electron chi connectivity index (χ0n) is 11.0. The van der Waals surface area contributed by atoms with Crippen LogP contribution in [-0.2, 0) is 0 Å². The largest absolute Gasteiger partial charge is 0.312 e. The minimum Gasteiger partial charge on any atom is -0.312 e. The summed E-state index contributed by atoms with van der Waals surface area (Å²) in [4.78, 5) is 15.1. The molecule has 1 unspecified atom stereocenters. The van der Waals surface area contributed by atoms with Crippen molar-refractivity contribution in [3.05, 3.63) is 35.9 Å². The molecule has 3 heterocycles. The van der Waals surface area contributed by atoms with Gasteiger partial charge in [0.05, 0.1) is 19.6 Å². The Balaban J connectivity index is 0.00000133. The van der Waals surface area contributed by atoms with Crippen LogP contribution in [0.1, 0.15) is 24.7 Å². The molecule has 2 bridgehead atoms. The molecular formula is C16H25N2O+. The quantitative estimate of drug-likeness (QED) is 0.613. The summed E-state index contributed by atoms with van der Waals surface area (Å²) in [7, 11) is 0. The Labute approximate surface area is 116 Å². The van der Waals surface area contributed by atoms with Crippen molar-refractivity contribution in [3.8, 4) is 0 Å². The number of nitrogens with zero attached hydrogens (tertiary/aromatic N) is 2. The second-order valence-electron chi connectivity index (χ2n) is 5.64. The molecule has 19 heavy (non-hydrogen) atoms. The molecule has 3 heteroatoms. The van der Waals surface area contributed by atoms with Crippen LogP contribution < -0.4 is 0 Å². The Morgan fingerprint density at radius 2 is 1.63 bits per heavy atom. The second-order valence-corrected chi connectivity index (χ2v) is 5.64. The lowest BCUT2D eigenvalue weighted by Gasteiger charge is -2.53. The van der Waals surface area contributed by atoms with Gasteiger partial charge in [-0.25, -0.2) is 0 Å². The number of rotatable bonds is 3. The van der Waals surface area contributed by atoms with Crippen molar-refractivity contribution in [2.75, 3.05) is 39.3 Å². The molecule has 1 aromatic carbocycles. The molecule has 3 aliphatic rings. The van der Waals surface area contributed by atoms with E-state index in [1.165, 1.54) is 0 Å². The monoisotopic (exact) mass is 261 g/mol. The first kappa shape index (κ1) is 14.2. The molecule has 0 aliphatic carbocycles. The third-order valence-electron chi connectivity index (χ3n) is 4.84. The van der Waals surface area contributed by atoms with Crippen LogP contribution in [0.25, 0.3) is 0 Å². The lowest BCUT2D eigenvalue weighted by Crippen LogP contribution is -2.71. The summed E-state index contributed by atoms with van der Waals surface area (Å²) in [5.41, 5.74) is 0.866. The number of Topliss-reactive ketones (excluding diaryl/α,β-unsaturated/α-hetero) is 1. The Kier molecular flexibility index (Phi) is 4.07. The number of quaternary nitrogens is 1. The fourth-order valence-electron chi connectivity index (χ4n) is 3.37. The van der Waals surface area contributed by atoms with Gasteiger partial charge in [0.25, 0.3) is 0 Å². The van der Waals surface area contributed by atoms with Gasteiger partial charge in [-0.3, -0.25) is 9.69 Å². The van der Waals surface area contributed by atoms with Gasteiger partial charge in [-0.15, -0.1) is 0 Å². The third kappa shape index (κ3) is 2.45. The highest BCUT2D eigenvalue weighted by Crippen LogP contribution is 2.25. The number of carbonyl (C=O) groups excluding carboxylic acids is 1. The van der Waals surface area contributed by atoms with Gasteiger partial charge >= 0.3 is 0 Å². The molecule has 0 radical (unpaired) electrons. The van der Waals surface area contributed by atoms with E-state index in [0.29, 0.717) is 5.78 Å². The molecule has 0 N–H and O–H groups in total. The highest BCUT2D eigenvalue weighted by Gasteiger charge is 2.45. The van der Waals surface area contributed by atoms with Crippen LogP contribution >= 0.6 is 0 Å². The summed E-state index contributed by atoms with van der Waals surface area (Å²) in [6.45, 7) is 9.01. The molecule has 1 aromatic rings. The molecule has 1 atom stereocenters. The van der Waals surface area contributed by atoms with E-state index in [-0.39, 0.29) is 13.5 Å². The van der Waals surface area contributed by atoms with E-state index < -0.39 is 0 Å². The van der Waals surface area contributed by atoms with E-state index >= 15 is 0 Å². The van der Waals surface area contributed by atoms with E-state index in [0.717, 1.165) is 49.3 Å². The van der Waals surface area contributed by atoms with Crippen molar-refractivity contribution in [2.24, 2.45) is 0 Å². The molecule has 0 aromatic heterocycles. The minimum absolute atomic E-state index is 0. The average molecular weight is 261 g/mol. The summed E-state index contributed by atoms with van der Waals surface area (Å²) in [5, 5.41) is 0. The van der Waals surface area contributed by atoms with Crippen LogP contribution in [0.2, 0.25) is 0 Å². The predicted octanol–water partition coefficient (Wildman–Crippen LogP) is 2.04. The Bertz CT molecular complexity index is 422. The number of ketones is 1. The number of hydrogen-bond acceptors (Lipinski definition) is 2. The maximum absolute atomic E-state index is 12.6. The summed E-state index contributed by atoms with van der Waals surface area (Å²) in [6.07, 6.45) is 0. The van der Waals surface area contributed by atoms with Crippen molar-refractivity contribution in [3.63, 3.8) is 0 Å². The highest BCUT2D eigenvalue weighted by molar-refractivity contribution is 5.99. The highest BCUT2D eigenvalue weighted by atomic mass is 16.1. The van der Waals surface area contributed by atoms with Gasteiger partial charge in [0.15, 0.2) is 6.04 Å². The van der Waals surface area contributed by atoms with Gasteiger partial charge in [-0.1, -0.05) is 37.8 Å². The van der Waals surface area contributed by atoms with Crippen LogP contribution in [0.5, 0.6) is 0 Å². The third-order valence-corrected chi connectivity index (χ3v) is 4.84. The number of carbonyl (C=O) groups is 1. The van der Waals surface area contributed by atoms with Crippen molar-refractivity contribution < 1.29 is 9.28 Å². The van der Waals surface area contributed by atoms with Crippen molar-refractivity contribution in [1.82, 2.24) is 4.90 Å². The van der Waals surface area contributed by atoms with Gasteiger partial charge in [0.1, 0.15) is 0 Å². The maximum Gasteiger partial charge on any atom is 0.219 e.